The minimum absolute atomic E-state index is 0.00195. The molecule has 0 radical (unpaired) electrons. The summed E-state index contributed by atoms with van der Waals surface area (Å²) >= 11 is 0. The molecule has 1 aliphatic carbocycles. The van der Waals surface area contributed by atoms with Crippen LogP contribution in [0.25, 0.3) is 0 Å². The van der Waals surface area contributed by atoms with Crippen LogP contribution in [0.4, 0.5) is 0 Å². The van der Waals surface area contributed by atoms with Crippen molar-refractivity contribution in [3.8, 4) is 0 Å². The second kappa shape index (κ2) is 6.41. The summed E-state index contributed by atoms with van der Waals surface area (Å²) in [4.78, 5) is 14.4. The Kier molecular flexibility index (Phi) is 5.04. The Hall–Kier alpha value is -0.660. The summed E-state index contributed by atoms with van der Waals surface area (Å²) in [7, 11) is -1.87. The number of carbonyl (C=O) groups is 1. The molecule has 0 aromatic heterocycles. The van der Waals surface area contributed by atoms with Gasteiger partial charge in [-0.25, -0.2) is 13.1 Å². The van der Waals surface area contributed by atoms with Gasteiger partial charge in [0.05, 0.1) is 5.75 Å². The predicted octanol–water partition coefficient (Wildman–Crippen LogP) is -0.0984. The largest absolute Gasteiger partial charge is 0.338 e. The molecule has 1 saturated heterocycles. The molecule has 0 aromatic carbocycles. The first-order valence-corrected chi connectivity index (χ1v) is 9.05. The van der Waals surface area contributed by atoms with Gasteiger partial charge in [-0.15, -0.1) is 0 Å². The number of amides is 1. The first kappa shape index (κ1) is 15.7. The summed E-state index contributed by atoms with van der Waals surface area (Å²) in [5, 5.41) is 0. The van der Waals surface area contributed by atoms with Crippen LogP contribution >= 0.6 is 0 Å². The monoisotopic (exact) mass is 303 g/mol. The molecule has 2 aliphatic rings. The standard InChI is InChI=1S/C13H25N3O3S/c1-15-20(18,19)9-11-5-3-7-16(11)13(17)12-6-2-4-10(12)8-14/h10-12,15H,2-9,14H2,1H3/t10-,11?,12-/m1/s1. The third-order valence-corrected chi connectivity index (χ3v) is 6.11. The van der Waals surface area contributed by atoms with E-state index in [1.165, 1.54) is 7.05 Å². The van der Waals surface area contributed by atoms with Crippen molar-refractivity contribution in [2.24, 2.45) is 17.6 Å². The van der Waals surface area contributed by atoms with E-state index in [0.29, 0.717) is 13.1 Å². The van der Waals surface area contributed by atoms with Crippen LogP contribution in [0.5, 0.6) is 0 Å². The van der Waals surface area contributed by atoms with Gasteiger partial charge < -0.3 is 10.6 Å². The summed E-state index contributed by atoms with van der Waals surface area (Å²) in [6.45, 7) is 1.22. The SMILES string of the molecule is CNS(=O)(=O)CC1CCCN1C(=O)[C@@H]1CCC[C@@H]1CN. The zero-order chi connectivity index (χ0) is 14.8. The quantitative estimate of drug-likeness (QED) is 0.742. The van der Waals surface area contributed by atoms with E-state index < -0.39 is 10.0 Å². The third kappa shape index (κ3) is 3.32. The zero-order valence-electron chi connectivity index (χ0n) is 12.0. The van der Waals surface area contributed by atoms with Gasteiger partial charge in [-0.1, -0.05) is 6.42 Å². The van der Waals surface area contributed by atoms with Gasteiger partial charge in [-0.3, -0.25) is 4.79 Å². The maximum atomic E-state index is 12.7. The molecule has 1 heterocycles. The Morgan fingerprint density at radius 2 is 2.05 bits per heavy atom. The number of nitrogens with one attached hydrogen (secondary N) is 1. The summed E-state index contributed by atoms with van der Waals surface area (Å²) < 4.78 is 25.7. The van der Waals surface area contributed by atoms with E-state index in [1.807, 2.05) is 0 Å². The van der Waals surface area contributed by atoms with E-state index in [2.05, 4.69) is 4.72 Å². The molecular formula is C13H25N3O3S. The van der Waals surface area contributed by atoms with Gasteiger partial charge in [0.15, 0.2) is 0 Å². The van der Waals surface area contributed by atoms with Crippen LogP contribution in [0.3, 0.4) is 0 Å². The van der Waals surface area contributed by atoms with Gasteiger partial charge in [0.25, 0.3) is 0 Å². The Balaban J connectivity index is 2.05. The molecular weight excluding hydrogens is 278 g/mol. The highest BCUT2D eigenvalue weighted by molar-refractivity contribution is 7.89. The number of hydrogen-bond acceptors (Lipinski definition) is 4. The Bertz CT molecular complexity index is 452. The molecule has 1 unspecified atom stereocenters. The number of nitrogens with zero attached hydrogens (tertiary/aromatic N) is 1. The molecule has 20 heavy (non-hydrogen) atoms. The molecule has 2 rings (SSSR count). The maximum Gasteiger partial charge on any atom is 0.226 e. The van der Waals surface area contributed by atoms with Gasteiger partial charge in [-0.05, 0) is 45.2 Å². The molecule has 0 bridgehead atoms. The Morgan fingerprint density at radius 3 is 2.70 bits per heavy atom. The van der Waals surface area contributed by atoms with Crippen molar-refractivity contribution in [1.29, 1.82) is 0 Å². The molecule has 6 nitrogen and oxygen atoms in total. The minimum atomic E-state index is -3.28. The fourth-order valence-corrected chi connectivity index (χ4v) is 4.51. The van der Waals surface area contributed by atoms with Crippen LogP contribution in [-0.4, -0.2) is 51.2 Å². The van der Waals surface area contributed by atoms with Crippen LogP contribution in [-0.2, 0) is 14.8 Å². The summed E-state index contributed by atoms with van der Waals surface area (Å²) in [5.74, 6) is 0.393. The highest BCUT2D eigenvalue weighted by atomic mass is 32.2. The molecule has 1 aliphatic heterocycles. The second-order valence-corrected chi connectivity index (χ2v) is 7.82. The number of carbonyl (C=O) groups excluding carboxylic acids is 1. The highest BCUT2D eigenvalue weighted by Gasteiger charge is 2.39. The normalized spacial score (nSPS) is 30.9. The lowest BCUT2D eigenvalue weighted by molar-refractivity contribution is -0.137. The van der Waals surface area contributed by atoms with E-state index in [-0.39, 0.29) is 29.5 Å². The molecule has 116 valence electrons. The van der Waals surface area contributed by atoms with Crippen molar-refractivity contribution >= 4 is 15.9 Å². The van der Waals surface area contributed by atoms with Crippen LogP contribution in [0.2, 0.25) is 0 Å². The fraction of sp³-hybridized carbons (Fsp3) is 0.923. The zero-order valence-corrected chi connectivity index (χ0v) is 12.9. The maximum absolute atomic E-state index is 12.7. The summed E-state index contributed by atoms with van der Waals surface area (Å²) in [6, 6.07) is -0.182. The lowest BCUT2D eigenvalue weighted by Crippen LogP contribution is -2.45. The van der Waals surface area contributed by atoms with Crippen molar-refractivity contribution in [3.05, 3.63) is 0 Å². The number of sulfonamides is 1. The lowest BCUT2D eigenvalue weighted by Gasteiger charge is -2.29. The van der Waals surface area contributed by atoms with Gasteiger partial charge in [0.1, 0.15) is 0 Å². The van der Waals surface area contributed by atoms with Gasteiger partial charge in [0, 0.05) is 18.5 Å². The van der Waals surface area contributed by atoms with E-state index in [9.17, 15) is 13.2 Å². The Labute approximate surface area is 121 Å². The smallest absolute Gasteiger partial charge is 0.226 e. The number of rotatable bonds is 5. The first-order valence-electron chi connectivity index (χ1n) is 7.40. The molecule has 0 spiro atoms. The van der Waals surface area contributed by atoms with E-state index >= 15 is 0 Å². The topological polar surface area (TPSA) is 92.5 Å². The fourth-order valence-electron chi connectivity index (χ4n) is 3.49. The molecule has 1 amide bonds. The van der Waals surface area contributed by atoms with E-state index in [0.717, 1.165) is 32.1 Å². The van der Waals surface area contributed by atoms with Crippen LogP contribution in [0.1, 0.15) is 32.1 Å². The molecule has 3 atom stereocenters. The number of likely N-dealkylation sites (tertiary alicyclic amines) is 1. The third-order valence-electron chi connectivity index (χ3n) is 4.66. The van der Waals surface area contributed by atoms with Crippen molar-refractivity contribution in [3.63, 3.8) is 0 Å². The van der Waals surface area contributed by atoms with Crippen LogP contribution < -0.4 is 10.5 Å². The van der Waals surface area contributed by atoms with Gasteiger partial charge >= 0.3 is 0 Å². The lowest BCUT2D eigenvalue weighted by atomic mass is 9.94. The molecule has 0 aromatic rings. The predicted molar refractivity (Wildman–Crippen MR) is 77.5 cm³/mol. The Morgan fingerprint density at radius 1 is 1.30 bits per heavy atom. The van der Waals surface area contributed by atoms with Gasteiger partial charge in [-0.2, -0.15) is 0 Å². The minimum Gasteiger partial charge on any atom is -0.338 e. The molecule has 2 fully saturated rings. The van der Waals surface area contributed by atoms with E-state index in [4.69, 9.17) is 5.73 Å². The van der Waals surface area contributed by atoms with Crippen LogP contribution in [0.15, 0.2) is 0 Å². The van der Waals surface area contributed by atoms with Crippen LogP contribution in [0, 0.1) is 11.8 Å². The van der Waals surface area contributed by atoms with Crippen molar-refractivity contribution in [1.82, 2.24) is 9.62 Å². The average molecular weight is 303 g/mol. The second-order valence-electron chi connectivity index (χ2n) is 5.85. The average Bonchev–Trinajstić information content (AvgIpc) is 3.05. The van der Waals surface area contributed by atoms with Crippen molar-refractivity contribution < 1.29 is 13.2 Å². The van der Waals surface area contributed by atoms with Crippen molar-refractivity contribution in [2.45, 2.75) is 38.1 Å². The number of nitrogens with two attached hydrogens (primary N) is 1. The molecule has 7 heteroatoms. The summed E-state index contributed by atoms with van der Waals surface area (Å²) in [5.41, 5.74) is 5.74. The first-order chi connectivity index (χ1) is 9.48. The highest BCUT2D eigenvalue weighted by Crippen LogP contribution is 2.34. The molecule has 3 N–H and O–H groups in total. The van der Waals surface area contributed by atoms with E-state index in [1.54, 1.807) is 4.90 Å². The number of hydrogen-bond donors (Lipinski definition) is 2. The summed E-state index contributed by atoms with van der Waals surface area (Å²) in [6.07, 6.45) is 4.61. The molecule has 1 saturated carbocycles. The van der Waals surface area contributed by atoms with Crippen molar-refractivity contribution in [2.75, 3.05) is 25.9 Å². The van der Waals surface area contributed by atoms with Gasteiger partial charge in [0.2, 0.25) is 15.9 Å².